The lowest BCUT2D eigenvalue weighted by molar-refractivity contribution is -0.645. The fraction of sp³-hybridized carbons (Fsp3) is 0.429. The molecule has 0 aliphatic heterocycles. The van der Waals surface area contributed by atoms with Crippen LogP contribution in [0.1, 0.15) is 33.3 Å². The quantitative estimate of drug-likeness (QED) is 0.620. The molecule has 88 valence electrons. The molecule has 0 aliphatic carbocycles. The fourth-order valence-electron chi connectivity index (χ4n) is 1.32. The third-order valence-corrected chi connectivity index (χ3v) is 2.01. The first-order valence-corrected chi connectivity index (χ1v) is 5.98. The van der Waals surface area contributed by atoms with Gasteiger partial charge < -0.3 is 0 Å². The number of aryl methyl sites for hydroxylation is 2. The summed E-state index contributed by atoms with van der Waals surface area (Å²) in [5.74, 6) is 0. The lowest BCUT2D eigenvalue weighted by Gasteiger charge is -1.95. The molecule has 16 heavy (non-hydrogen) atoms. The van der Waals surface area contributed by atoms with Gasteiger partial charge in [0.05, 0.1) is 6.20 Å². The maximum absolute atomic E-state index is 4.26. The van der Waals surface area contributed by atoms with Gasteiger partial charge in [0.25, 0.3) is 0 Å². The Hall–Kier alpha value is -1.44. The highest BCUT2D eigenvalue weighted by atomic mass is 14.9. The zero-order chi connectivity index (χ0) is 12.6. The van der Waals surface area contributed by atoms with Crippen molar-refractivity contribution in [3.8, 4) is 0 Å². The monoisotopic (exact) mass is 219 g/mol. The molecule has 0 saturated carbocycles. The molecule has 0 amide bonds. The standard InChI is InChI=1S/C10H11N2.2C2H6/c1-8-3-4-9-10(7-8)12(2)6-5-11-9;2*1-2/h3-7H,1-2H3;2*1-2H3/q+1;;. The van der Waals surface area contributed by atoms with Crippen LogP contribution in [-0.2, 0) is 7.05 Å². The Morgan fingerprint density at radius 2 is 1.69 bits per heavy atom. The molecule has 0 N–H and O–H groups in total. The van der Waals surface area contributed by atoms with Crippen LogP contribution in [0, 0.1) is 6.92 Å². The molecule has 1 aromatic heterocycles. The maximum atomic E-state index is 4.26. The van der Waals surface area contributed by atoms with Gasteiger partial charge in [-0.1, -0.05) is 33.8 Å². The van der Waals surface area contributed by atoms with Gasteiger partial charge in [0.1, 0.15) is 12.6 Å². The van der Waals surface area contributed by atoms with E-state index < -0.39 is 0 Å². The molecule has 2 aromatic rings. The summed E-state index contributed by atoms with van der Waals surface area (Å²) in [7, 11) is 2.03. The second kappa shape index (κ2) is 7.80. The molecule has 2 heteroatoms. The van der Waals surface area contributed by atoms with Crippen molar-refractivity contribution in [3.63, 3.8) is 0 Å². The van der Waals surface area contributed by atoms with E-state index in [1.165, 1.54) is 11.1 Å². The summed E-state index contributed by atoms with van der Waals surface area (Å²) in [6.07, 6.45) is 3.78. The number of aromatic nitrogens is 2. The Kier molecular flexibility index (Phi) is 7.10. The predicted octanol–water partition coefficient (Wildman–Crippen LogP) is 3.42. The first kappa shape index (κ1) is 14.6. The van der Waals surface area contributed by atoms with Crippen molar-refractivity contribution >= 4 is 11.0 Å². The number of fused-ring (bicyclic) bond motifs is 1. The average Bonchev–Trinajstić information content (AvgIpc) is 2.35. The molecule has 0 radical (unpaired) electrons. The predicted molar refractivity (Wildman–Crippen MR) is 70.4 cm³/mol. The topological polar surface area (TPSA) is 16.8 Å². The lowest BCUT2D eigenvalue weighted by Crippen LogP contribution is -2.28. The smallest absolute Gasteiger partial charge is 0.231 e. The molecule has 0 bridgehead atoms. The minimum absolute atomic E-state index is 1.05. The fourth-order valence-corrected chi connectivity index (χ4v) is 1.32. The van der Waals surface area contributed by atoms with Gasteiger partial charge in [0, 0.05) is 6.07 Å². The Morgan fingerprint density at radius 3 is 2.31 bits per heavy atom. The average molecular weight is 219 g/mol. The highest BCUT2D eigenvalue weighted by molar-refractivity contribution is 5.71. The van der Waals surface area contributed by atoms with Crippen molar-refractivity contribution in [2.45, 2.75) is 34.6 Å². The molecule has 2 nitrogen and oxygen atoms in total. The third kappa shape index (κ3) is 3.61. The van der Waals surface area contributed by atoms with Gasteiger partial charge >= 0.3 is 0 Å². The highest BCUT2D eigenvalue weighted by Gasteiger charge is 2.03. The highest BCUT2D eigenvalue weighted by Crippen LogP contribution is 2.07. The van der Waals surface area contributed by atoms with Crippen LogP contribution in [0.3, 0.4) is 0 Å². The van der Waals surface area contributed by atoms with E-state index in [0.717, 1.165) is 5.52 Å². The van der Waals surface area contributed by atoms with E-state index in [9.17, 15) is 0 Å². The van der Waals surface area contributed by atoms with Crippen molar-refractivity contribution in [3.05, 3.63) is 36.2 Å². The summed E-state index contributed by atoms with van der Waals surface area (Å²) < 4.78 is 2.08. The van der Waals surface area contributed by atoms with Gasteiger partial charge in [-0.25, -0.2) is 4.98 Å². The van der Waals surface area contributed by atoms with E-state index in [4.69, 9.17) is 0 Å². The van der Waals surface area contributed by atoms with Gasteiger partial charge in [-0.15, -0.1) is 0 Å². The van der Waals surface area contributed by atoms with Gasteiger partial charge in [0.2, 0.25) is 5.52 Å². The molecule has 0 unspecified atom stereocenters. The normalized spacial score (nSPS) is 8.62. The van der Waals surface area contributed by atoms with Crippen molar-refractivity contribution < 1.29 is 4.57 Å². The Morgan fingerprint density at radius 1 is 1.06 bits per heavy atom. The van der Waals surface area contributed by atoms with Crippen LogP contribution in [0.25, 0.3) is 11.0 Å². The SMILES string of the molecule is CC.CC.Cc1ccc2ncc[n+](C)c2c1. The zero-order valence-electron chi connectivity index (χ0n) is 11.3. The first-order valence-electron chi connectivity index (χ1n) is 5.98. The van der Waals surface area contributed by atoms with E-state index in [2.05, 4.69) is 28.6 Å². The van der Waals surface area contributed by atoms with Crippen molar-refractivity contribution in [2.24, 2.45) is 7.05 Å². The van der Waals surface area contributed by atoms with Gasteiger partial charge in [-0.05, 0) is 18.6 Å². The molecule has 0 fully saturated rings. The molecular formula is C14H23N2+. The molecule has 0 atom stereocenters. The van der Waals surface area contributed by atoms with E-state index >= 15 is 0 Å². The third-order valence-electron chi connectivity index (χ3n) is 2.01. The van der Waals surface area contributed by atoms with E-state index in [-0.39, 0.29) is 0 Å². The van der Waals surface area contributed by atoms with E-state index in [1.807, 2.05) is 53.2 Å². The summed E-state index contributed by atoms with van der Waals surface area (Å²) in [5, 5.41) is 0. The Balaban J connectivity index is 0.000000509. The van der Waals surface area contributed by atoms with Crippen LogP contribution in [-0.4, -0.2) is 4.98 Å². The molecular weight excluding hydrogens is 196 g/mol. The van der Waals surface area contributed by atoms with Crippen molar-refractivity contribution in [2.75, 3.05) is 0 Å². The van der Waals surface area contributed by atoms with Gasteiger partial charge in [-0.3, -0.25) is 0 Å². The first-order chi connectivity index (χ1) is 7.77. The number of nitrogens with zero attached hydrogens (tertiary/aromatic N) is 2. The van der Waals surface area contributed by atoms with Crippen molar-refractivity contribution in [1.82, 2.24) is 4.98 Å². The summed E-state index contributed by atoms with van der Waals surface area (Å²) in [5.41, 5.74) is 3.49. The minimum Gasteiger partial charge on any atom is -0.244 e. The number of rotatable bonds is 0. The summed E-state index contributed by atoms with van der Waals surface area (Å²) in [6, 6.07) is 6.27. The molecule has 1 aromatic carbocycles. The number of benzene rings is 1. The second-order valence-corrected chi connectivity index (χ2v) is 3.03. The molecule has 0 spiro atoms. The van der Waals surface area contributed by atoms with Crippen LogP contribution in [0.2, 0.25) is 0 Å². The summed E-state index contributed by atoms with van der Waals surface area (Å²) in [6.45, 7) is 10.1. The summed E-state index contributed by atoms with van der Waals surface area (Å²) in [4.78, 5) is 4.26. The van der Waals surface area contributed by atoms with Gasteiger partial charge in [-0.2, -0.15) is 4.57 Å². The number of hydrogen-bond acceptors (Lipinski definition) is 1. The molecule has 0 aliphatic rings. The number of hydrogen-bond donors (Lipinski definition) is 0. The summed E-state index contributed by atoms with van der Waals surface area (Å²) >= 11 is 0. The maximum Gasteiger partial charge on any atom is 0.231 e. The molecule has 2 rings (SSSR count). The van der Waals surface area contributed by atoms with Crippen LogP contribution >= 0.6 is 0 Å². The Bertz CT molecular complexity index is 422. The minimum atomic E-state index is 1.05. The zero-order valence-corrected chi connectivity index (χ0v) is 11.3. The van der Waals surface area contributed by atoms with Crippen LogP contribution in [0.4, 0.5) is 0 Å². The second-order valence-electron chi connectivity index (χ2n) is 3.03. The lowest BCUT2D eigenvalue weighted by atomic mass is 10.2. The largest absolute Gasteiger partial charge is 0.244 e. The van der Waals surface area contributed by atoms with Gasteiger partial charge in [0.15, 0.2) is 6.20 Å². The van der Waals surface area contributed by atoms with Crippen LogP contribution in [0.15, 0.2) is 30.6 Å². The Labute approximate surface area is 99.0 Å². The van der Waals surface area contributed by atoms with E-state index in [1.54, 1.807) is 0 Å². The molecule has 1 heterocycles. The van der Waals surface area contributed by atoms with Crippen LogP contribution < -0.4 is 4.57 Å². The molecule has 0 saturated heterocycles. The van der Waals surface area contributed by atoms with Crippen LogP contribution in [0.5, 0.6) is 0 Å². The van der Waals surface area contributed by atoms with Crippen molar-refractivity contribution in [1.29, 1.82) is 0 Å². The van der Waals surface area contributed by atoms with E-state index in [0.29, 0.717) is 0 Å².